The van der Waals surface area contributed by atoms with Gasteiger partial charge in [-0.3, -0.25) is 9.59 Å². The molecule has 0 saturated carbocycles. The number of nitrogens with zero attached hydrogens (tertiary/aromatic N) is 1. The molecule has 5 rings (SSSR count). The fourth-order valence-electron chi connectivity index (χ4n) is 4.19. The molecule has 2 amide bonds. The molecule has 0 radical (unpaired) electrons. The molecule has 0 saturated heterocycles. The monoisotopic (exact) mass is 649 g/mol. The molecule has 11 heteroatoms. The normalized spacial score (nSPS) is 11.4. The van der Waals surface area contributed by atoms with Gasteiger partial charge in [-0.15, -0.1) is 23.1 Å². The van der Waals surface area contributed by atoms with Crippen LogP contribution in [0, 0.1) is 0 Å². The molecular weight excluding hydrogens is 625 g/mol. The molecule has 5 aromatic rings. The average Bonchev–Trinajstić information content (AvgIpc) is 3.48. The Bertz CT molecular complexity index is 1770. The van der Waals surface area contributed by atoms with Crippen molar-refractivity contribution in [3.63, 3.8) is 0 Å². The largest absolute Gasteiger partial charge is 0.493 e. The summed E-state index contributed by atoms with van der Waals surface area (Å²) in [6, 6.07) is 27.0. The SMILES string of the molecule is COc1ccc(-c2csc(NC(=O)C(Sc3cccc(NC(=O)c4ccc(Cl)cc4Cl)c3)c3ccccc3)n2)cc1OC. The van der Waals surface area contributed by atoms with Crippen LogP contribution in [-0.2, 0) is 4.79 Å². The number of thioether (sulfide) groups is 1. The van der Waals surface area contributed by atoms with Crippen LogP contribution in [0.3, 0.4) is 0 Å². The number of aromatic nitrogens is 1. The highest BCUT2D eigenvalue weighted by molar-refractivity contribution is 8.00. The molecule has 0 bridgehead atoms. The number of anilines is 2. The van der Waals surface area contributed by atoms with Gasteiger partial charge in [0.05, 0.1) is 30.5 Å². The first-order valence-electron chi connectivity index (χ1n) is 12.9. The second-order valence-corrected chi connectivity index (χ2v) is 12.0. The van der Waals surface area contributed by atoms with Crippen molar-refractivity contribution in [2.45, 2.75) is 10.1 Å². The molecule has 1 aromatic heterocycles. The Morgan fingerprint density at radius 2 is 1.65 bits per heavy atom. The number of halogens is 2. The van der Waals surface area contributed by atoms with Crippen molar-refractivity contribution >= 4 is 68.9 Å². The number of methoxy groups -OCH3 is 2. The van der Waals surface area contributed by atoms with Crippen LogP contribution in [0.1, 0.15) is 21.2 Å². The van der Waals surface area contributed by atoms with Crippen LogP contribution in [0.2, 0.25) is 10.0 Å². The number of carbonyl (C=O) groups excluding carboxylic acids is 2. The lowest BCUT2D eigenvalue weighted by molar-refractivity contribution is -0.115. The van der Waals surface area contributed by atoms with Crippen LogP contribution in [0.25, 0.3) is 11.3 Å². The quantitative estimate of drug-likeness (QED) is 0.147. The van der Waals surface area contributed by atoms with Crippen LogP contribution >= 0.6 is 46.3 Å². The third kappa shape index (κ3) is 7.50. The zero-order chi connectivity index (χ0) is 30.3. The minimum atomic E-state index is -0.591. The van der Waals surface area contributed by atoms with Gasteiger partial charge >= 0.3 is 0 Å². The fourth-order valence-corrected chi connectivity index (χ4v) is 6.49. The summed E-state index contributed by atoms with van der Waals surface area (Å²) in [6.45, 7) is 0. The zero-order valence-corrected chi connectivity index (χ0v) is 26.1. The number of rotatable bonds is 10. The van der Waals surface area contributed by atoms with E-state index in [-0.39, 0.29) is 16.8 Å². The zero-order valence-electron chi connectivity index (χ0n) is 23.0. The maximum Gasteiger partial charge on any atom is 0.257 e. The standard InChI is InChI=1S/C32H25Cl2N3O4S2/c1-40-27-14-11-20(15-28(27)41-2)26-18-42-32(36-26)37-31(39)29(19-7-4-3-5-8-19)43-23-10-6-9-22(17-23)35-30(38)24-13-12-21(33)16-25(24)34/h3-18,29H,1-2H3,(H,35,38)(H,36,37,39). The predicted molar refractivity (Wildman–Crippen MR) is 175 cm³/mol. The van der Waals surface area contributed by atoms with E-state index in [4.69, 9.17) is 32.7 Å². The van der Waals surface area contributed by atoms with E-state index in [0.717, 1.165) is 16.0 Å². The van der Waals surface area contributed by atoms with E-state index in [0.29, 0.717) is 38.6 Å². The number of ether oxygens (including phenoxy) is 2. The smallest absolute Gasteiger partial charge is 0.257 e. The Labute approximate surface area is 267 Å². The molecule has 0 fully saturated rings. The highest BCUT2D eigenvalue weighted by atomic mass is 35.5. The third-order valence-corrected chi connectivity index (χ3v) is 8.83. The van der Waals surface area contributed by atoms with Crippen LogP contribution in [0.15, 0.2) is 101 Å². The Hall–Kier alpha value is -4.02. The Kier molecular flexibility index (Phi) is 9.89. The number of nitrogens with one attached hydrogen (secondary N) is 2. The number of carbonyl (C=O) groups is 2. The Balaban J connectivity index is 1.34. The van der Waals surface area contributed by atoms with Gasteiger partial charge in [-0.05, 0) is 60.2 Å². The van der Waals surface area contributed by atoms with Crippen molar-refractivity contribution in [3.05, 3.63) is 118 Å². The van der Waals surface area contributed by atoms with Gasteiger partial charge in [-0.1, -0.05) is 59.6 Å². The van der Waals surface area contributed by atoms with E-state index < -0.39 is 5.25 Å². The summed E-state index contributed by atoms with van der Waals surface area (Å²) in [6.07, 6.45) is 0. The number of thiazole rings is 1. The minimum absolute atomic E-state index is 0.230. The van der Waals surface area contributed by atoms with E-state index in [9.17, 15) is 9.59 Å². The summed E-state index contributed by atoms with van der Waals surface area (Å²) < 4.78 is 10.7. The van der Waals surface area contributed by atoms with E-state index in [1.165, 1.54) is 29.2 Å². The third-order valence-electron chi connectivity index (χ3n) is 6.28. The first kappa shape index (κ1) is 30.4. The van der Waals surface area contributed by atoms with Crippen LogP contribution in [-0.4, -0.2) is 31.0 Å². The number of amides is 2. The maximum atomic E-state index is 13.7. The summed E-state index contributed by atoms with van der Waals surface area (Å²) in [5, 5.41) is 8.30. The topological polar surface area (TPSA) is 89.6 Å². The summed E-state index contributed by atoms with van der Waals surface area (Å²) in [5.74, 6) is 0.617. The summed E-state index contributed by atoms with van der Waals surface area (Å²) in [4.78, 5) is 31.9. The number of hydrogen-bond acceptors (Lipinski definition) is 7. The Morgan fingerprint density at radius 1 is 0.860 bits per heavy atom. The summed E-state index contributed by atoms with van der Waals surface area (Å²) in [5.41, 5.74) is 3.23. The van der Waals surface area contributed by atoms with Gasteiger partial charge in [0, 0.05) is 26.5 Å². The van der Waals surface area contributed by atoms with Crippen LogP contribution in [0.5, 0.6) is 11.5 Å². The number of hydrogen-bond donors (Lipinski definition) is 2. The van der Waals surface area contributed by atoms with Crippen molar-refractivity contribution in [2.75, 3.05) is 24.9 Å². The summed E-state index contributed by atoms with van der Waals surface area (Å²) >= 11 is 14.9. The predicted octanol–water partition coefficient (Wildman–Crippen LogP) is 8.86. The highest BCUT2D eigenvalue weighted by Crippen LogP contribution is 2.38. The Morgan fingerprint density at radius 3 is 2.40 bits per heavy atom. The molecule has 4 aromatic carbocycles. The lowest BCUT2D eigenvalue weighted by Crippen LogP contribution is -2.19. The molecule has 7 nitrogen and oxygen atoms in total. The molecule has 2 N–H and O–H groups in total. The molecule has 1 unspecified atom stereocenters. The molecule has 1 heterocycles. The highest BCUT2D eigenvalue weighted by Gasteiger charge is 2.24. The molecule has 218 valence electrons. The first-order chi connectivity index (χ1) is 20.8. The van der Waals surface area contributed by atoms with E-state index in [1.54, 1.807) is 32.4 Å². The lowest BCUT2D eigenvalue weighted by Gasteiger charge is -2.17. The molecule has 43 heavy (non-hydrogen) atoms. The number of benzene rings is 4. The van der Waals surface area contributed by atoms with Gasteiger partial charge in [0.2, 0.25) is 5.91 Å². The van der Waals surface area contributed by atoms with Crippen molar-refractivity contribution in [1.29, 1.82) is 0 Å². The van der Waals surface area contributed by atoms with E-state index >= 15 is 0 Å². The van der Waals surface area contributed by atoms with Crippen molar-refractivity contribution < 1.29 is 19.1 Å². The van der Waals surface area contributed by atoms with Gasteiger partial charge in [-0.25, -0.2) is 4.98 Å². The van der Waals surface area contributed by atoms with Gasteiger partial charge in [0.25, 0.3) is 5.91 Å². The molecular formula is C32H25Cl2N3O4S2. The lowest BCUT2D eigenvalue weighted by atomic mass is 10.1. The minimum Gasteiger partial charge on any atom is -0.493 e. The second-order valence-electron chi connectivity index (χ2n) is 9.11. The summed E-state index contributed by atoms with van der Waals surface area (Å²) in [7, 11) is 3.16. The van der Waals surface area contributed by atoms with Crippen molar-refractivity contribution in [2.24, 2.45) is 0 Å². The van der Waals surface area contributed by atoms with Crippen LogP contribution < -0.4 is 20.1 Å². The van der Waals surface area contributed by atoms with Crippen molar-refractivity contribution in [3.8, 4) is 22.8 Å². The van der Waals surface area contributed by atoms with E-state index in [1.807, 2.05) is 72.1 Å². The second kappa shape index (κ2) is 14.0. The van der Waals surface area contributed by atoms with Gasteiger partial charge in [0.1, 0.15) is 5.25 Å². The van der Waals surface area contributed by atoms with Crippen molar-refractivity contribution in [1.82, 2.24) is 4.98 Å². The molecule has 0 spiro atoms. The van der Waals surface area contributed by atoms with Gasteiger partial charge < -0.3 is 20.1 Å². The maximum absolute atomic E-state index is 13.7. The first-order valence-corrected chi connectivity index (χ1v) is 15.4. The fraction of sp³-hybridized carbons (Fsp3) is 0.0938. The molecule has 0 aliphatic rings. The molecule has 1 atom stereocenters. The van der Waals surface area contributed by atoms with E-state index in [2.05, 4.69) is 15.6 Å². The van der Waals surface area contributed by atoms with Crippen LogP contribution in [0.4, 0.5) is 10.8 Å². The average molecular weight is 651 g/mol. The van der Waals surface area contributed by atoms with Gasteiger partial charge in [0.15, 0.2) is 16.6 Å². The molecule has 0 aliphatic heterocycles. The molecule has 0 aliphatic carbocycles. The van der Waals surface area contributed by atoms with Gasteiger partial charge in [-0.2, -0.15) is 0 Å².